The van der Waals surface area contributed by atoms with Crippen LogP contribution in [0.3, 0.4) is 0 Å². The van der Waals surface area contributed by atoms with Gasteiger partial charge in [-0.05, 0) is 119 Å². The highest BCUT2D eigenvalue weighted by Gasteiger charge is 2.38. The summed E-state index contributed by atoms with van der Waals surface area (Å²) in [5, 5.41) is 24.4. The number of oxime groups is 2. The number of carbonyl (C=O) groups is 4. The van der Waals surface area contributed by atoms with Gasteiger partial charge < -0.3 is 51.0 Å². The van der Waals surface area contributed by atoms with Crippen LogP contribution in [0.5, 0.6) is 0 Å². The van der Waals surface area contributed by atoms with Gasteiger partial charge >= 0.3 is 22.6 Å². The fourth-order valence-electron chi connectivity index (χ4n) is 10.6. The van der Waals surface area contributed by atoms with Crippen molar-refractivity contribution in [1.82, 2.24) is 29.0 Å². The molecule has 0 spiro atoms. The first kappa shape index (κ1) is 78.0. The van der Waals surface area contributed by atoms with Crippen molar-refractivity contribution >= 4 is 66.1 Å². The van der Waals surface area contributed by atoms with Crippen LogP contribution in [-0.2, 0) is 62.4 Å². The van der Waals surface area contributed by atoms with Gasteiger partial charge in [-0.3, -0.25) is 18.7 Å². The third-order valence-electron chi connectivity index (χ3n) is 15.7. The Hall–Kier alpha value is -7.41. The first-order chi connectivity index (χ1) is 43.4. The standard InChI is InChI=1S/2C32H47N5O6S.H2O4S/c2*1-8-43-32(39)37-14-12-36(13-15-37)31(38)28(17-23-10-9-11-24(16-23)30(33)34-40)35-44(41,42)29-26(21(4)5)18-25(20(2)3)19-27(29)22(6)7;1-5(2,3)4/h2*9-11,16,18-22,28,35,40H,8,12-15,17H2,1-7H3,(H2,33,34);(H2,1,2,3,4)/t2*28-;/m00./s1. The van der Waals surface area contributed by atoms with Gasteiger partial charge in [0.2, 0.25) is 31.9 Å². The molecule has 2 saturated heterocycles. The number of nitrogens with two attached hydrogens (primary N) is 2. The highest BCUT2D eigenvalue weighted by Crippen LogP contribution is 2.37. The number of piperazine rings is 2. The molecule has 4 amide bonds. The van der Waals surface area contributed by atoms with Crippen LogP contribution in [0.1, 0.15) is 188 Å². The molecule has 2 aliphatic heterocycles. The Morgan fingerprint density at radius 3 is 0.978 bits per heavy atom. The molecule has 0 aromatic heterocycles. The average Bonchev–Trinajstić information content (AvgIpc) is 0.773. The maximum absolute atomic E-state index is 14.4. The summed E-state index contributed by atoms with van der Waals surface area (Å²) in [5.41, 5.74) is 18.7. The Balaban J connectivity index is 0.000000369. The summed E-state index contributed by atoms with van der Waals surface area (Å²) in [6, 6.07) is 19.1. The maximum atomic E-state index is 14.4. The van der Waals surface area contributed by atoms with Gasteiger partial charge in [0.1, 0.15) is 12.1 Å². The number of benzene rings is 4. The van der Waals surface area contributed by atoms with Crippen LogP contribution in [0.15, 0.2) is 92.9 Å². The first-order valence-electron chi connectivity index (χ1n) is 31.0. The van der Waals surface area contributed by atoms with Crippen LogP contribution < -0.4 is 20.9 Å². The summed E-state index contributed by atoms with van der Waals surface area (Å²) < 4.78 is 105. The van der Waals surface area contributed by atoms with E-state index in [1.165, 1.54) is 9.80 Å². The molecule has 0 radical (unpaired) electrons. The molecule has 0 unspecified atom stereocenters. The molecule has 2 heterocycles. The molecule has 2 fully saturated rings. The molecule has 26 nitrogen and oxygen atoms in total. The lowest BCUT2D eigenvalue weighted by atomic mass is 9.89. The molecule has 4 aromatic carbocycles. The molecule has 516 valence electrons. The van der Waals surface area contributed by atoms with E-state index in [0.717, 1.165) is 11.1 Å². The highest BCUT2D eigenvalue weighted by molar-refractivity contribution is 7.90. The Bertz CT molecular complexity index is 3350. The normalized spacial score (nSPS) is 15.1. The van der Waals surface area contributed by atoms with E-state index in [1.807, 2.05) is 79.7 Å². The molecule has 4 aromatic rings. The van der Waals surface area contributed by atoms with Crippen LogP contribution in [0, 0.1) is 0 Å². The predicted octanol–water partition coefficient (Wildman–Crippen LogP) is 8.03. The highest BCUT2D eigenvalue weighted by atomic mass is 32.3. The third-order valence-corrected chi connectivity index (χ3v) is 18.9. The summed E-state index contributed by atoms with van der Waals surface area (Å²) >= 11 is 0. The number of amidine groups is 2. The summed E-state index contributed by atoms with van der Waals surface area (Å²) in [4.78, 5) is 59.2. The van der Waals surface area contributed by atoms with Crippen LogP contribution >= 0.6 is 0 Å². The molecule has 29 heteroatoms. The van der Waals surface area contributed by atoms with Crippen LogP contribution in [0.4, 0.5) is 9.59 Å². The summed E-state index contributed by atoms with van der Waals surface area (Å²) in [6.45, 7) is 30.0. The molecule has 0 saturated carbocycles. The van der Waals surface area contributed by atoms with Crippen molar-refractivity contribution in [3.8, 4) is 0 Å². The fourth-order valence-corrected chi connectivity index (χ4v) is 14.4. The Morgan fingerprint density at radius 1 is 0.473 bits per heavy atom. The third kappa shape index (κ3) is 22.4. The quantitative estimate of drug-likeness (QED) is 0.0121. The second kappa shape index (κ2) is 34.7. The van der Waals surface area contributed by atoms with Gasteiger partial charge in [0.15, 0.2) is 11.7 Å². The average molecular weight is 1360 g/mol. The van der Waals surface area contributed by atoms with Crippen molar-refractivity contribution in [1.29, 1.82) is 0 Å². The number of amides is 4. The van der Waals surface area contributed by atoms with Crippen molar-refractivity contribution in [2.45, 2.75) is 167 Å². The van der Waals surface area contributed by atoms with E-state index >= 15 is 0 Å². The Morgan fingerprint density at radius 2 is 0.742 bits per heavy atom. The van der Waals surface area contributed by atoms with Crippen molar-refractivity contribution in [3.63, 3.8) is 0 Å². The summed E-state index contributed by atoms with van der Waals surface area (Å²) in [5.74, 6) is -0.915. The molecule has 93 heavy (non-hydrogen) atoms. The van der Waals surface area contributed by atoms with E-state index in [-0.39, 0.29) is 135 Å². The number of ether oxygens (including phenoxy) is 2. The van der Waals surface area contributed by atoms with Gasteiger partial charge in [0.25, 0.3) is 0 Å². The minimum Gasteiger partial charge on any atom is -0.450 e. The zero-order valence-electron chi connectivity index (χ0n) is 55.8. The number of rotatable bonds is 22. The van der Waals surface area contributed by atoms with Gasteiger partial charge in [-0.1, -0.05) is 154 Å². The van der Waals surface area contributed by atoms with Crippen molar-refractivity contribution < 1.29 is 73.4 Å². The van der Waals surface area contributed by atoms with Gasteiger partial charge in [0, 0.05) is 63.5 Å². The van der Waals surface area contributed by atoms with E-state index in [1.54, 1.807) is 72.2 Å². The summed E-state index contributed by atoms with van der Waals surface area (Å²) in [6.07, 6.45) is -0.824. The SMILES string of the molecule is CCOC(=O)N1CCN(C(=O)[C@H](Cc2cccc(/C(N)=N/O)c2)NS(=O)(=O)c2c(C(C)C)cc(C(C)C)cc2C(C)C)CC1.CCOC(=O)N1CCN(C(=O)[C@H](Cc2cccc(/C(N)=N/O)c2)NS(=O)(=O)c2c(C(C)C)cc(C(C)C)cc2C(C)C)CC1.O=S(=O)(O)O. The number of carbonyl (C=O) groups excluding carboxylic acids is 4. The van der Waals surface area contributed by atoms with E-state index in [0.29, 0.717) is 44.5 Å². The lowest BCUT2D eigenvalue weighted by molar-refractivity contribution is -0.135. The van der Waals surface area contributed by atoms with E-state index in [4.69, 9.17) is 48.9 Å². The molecule has 2 atom stereocenters. The second-order valence-electron chi connectivity index (χ2n) is 24.6. The largest absolute Gasteiger partial charge is 0.450 e. The van der Waals surface area contributed by atoms with Gasteiger partial charge in [-0.15, -0.1) is 0 Å². The van der Waals surface area contributed by atoms with Gasteiger partial charge in [0.05, 0.1) is 23.0 Å². The Kier molecular flexibility index (Phi) is 29.1. The number of hydrogen-bond acceptors (Lipinski definition) is 16. The molecule has 2 aliphatic rings. The molecule has 10 N–H and O–H groups in total. The molecular formula is C64H96N10O16S3. The van der Waals surface area contributed by atoms with Crippen LogP contribution in [0.25, 0.3) is 0 Å². The number of nitrogens with zero attached hydrogens (tertiary/aromatic N) is 6. The molecular weight excluding hydrogens is 1260 g/mol. The molecule has 6 rings (SSSR count). The molecule has 0 bridgehead atoms. The number of hydrogen-bond donors (Lipinski definition) is 8. The van der Waals surface area contributed by atoms with E-state index < -0.39 is 66.5 Å². The van der Waals surface area contributed by atoms with Gasteiger partial charge in [-0.2, -0.15) is 17.9 Å². The minimum absolute atomic E-state index is 0.0286. The predicted molar refractivity (Wildman–Crippen MR) is 355 cm³/mol. The molecule has 0 aliphatic carbocycles. The van der Waals surface area contributed by atoms with E-state index in [9.17, 15) is 36.0 Å². The zero-order valence-corrected chi connectivity index (χ0v) is 58.2. The minimum atomic E-state index is -4.67. The van der Waals surface area contributed by atoms with Crippen molar-refractivity contribution in [2.24, 2.45) is 21.8 Å². The number of nitrogens with one attached hydrogen (secondary N) is 2. The monoisotopic (exact) mass is 1360 g/mol. The fraction of sp³-hybridized carbons (Fsp3) is 0.531. The second-order valence-corrected chi connectivity index (χ2v) is 28.8. The smallest absolute Gasteiger partial charge is 0.409 e. The zero-order chi connectivity index (χ0) is 70.0. The summed E-state index contributed by atoms with van der Waals surface area (Å²) in [7, 11) is -13.0. The first-order valence-corrected chi connectivity index (χ1v) is 35.4. The van der Waals surface area contributed by atoms with E-state index in [2.05, 4.69) is 47.5 Å². The Labute approximate surface area is 548 Å². The lowest BCUT2D eigenvalue weighted by Crippen LogP contribution is -2.56. The maximum Gasteiger partial charge on any atom is 0.409 e. The van der Waals surface area contributed by atoms with Gasteiger partial charge in [-0.25, -0.2) is 26.4 Å². The lowest BCUT2D eigenvalue weighted by Gasteiger charge is -2.36. The van der Waals surface area contributed by atoms with Crippen molar-refractivity contribution in [2.75, 3.05) is 65.6 Å². The topological polar surface area (TPSA) is 384 Å². The van der Waals surface area contributed by atoms with Crippen molar-refractivity contribution in [3.05, 3.63) is 128 Å². The van der Waals surface area contributed by atoms with Crippen LogP contribution in [0.2, 0.25) is 0 Å². The number of sulfonamides is 2. The van der Waals surface area contributed by atoms with Crippen LogP contribution in [-0.4, -0.2) is 178 Å².